The molecule has 0 saturated heterocycles. The average Bonchev–Trinajstić information content (AvgIpc) is 2.50. The van der Waals surface area contributed by atoms with Crippen LogP contribution in [0.1, 0.15) is 0 Å². The van der Waals surface area contributed by atoms with Gasteiger partial charge in [0.2, 0.25) is 0 Å². The second-order valence-corrected chi connectivity index (χ2v) is 5.50. The first-order valence-corrected chi connectivity index (χ1v) is 7.19. The molecule has 7 heteroatoms. The highest BCUT2D eigenvalue weighted by Gasteiger charge is 2.15. The molecule has 0 bridgehead atoms. The number of benzene rings is 2. The summed E-state index contributed by atoms with van der Waals surface area (Å²) in [7, 11) is 3.83. The highest BCUT2D eigenvalue weighted by molar-refractivity contribution is 6.44. The van der Waals surface area contributed by atoms with Crippen LogP contribution in [0.25, 0.3) is 0 Å². The van der Waals surface area contributed by atoms with E-state index >= 15 is 0 Å². The number of nitrogens with zero attached hydrogens (tertiary/aromatic N) is 1. The molecule has 23 heavy (non-hydrogen) atoms. The summed E-state index contributed by atoms with van der Waals surface area (Å²) >= 11 is 5.95. The summed E-state index contributed by atoms with van der Waals surface area (Å²) in [5.74, 6) is -1.59. The van der Waals surface area contributed by atoms with Crippen LogP contribution in [-0.2, 0) is 9.59 Å². The van der Waals surface area contributed by atoms with Crippen molar-refractivity contribution in [3.63, 3.8) is 0 Å². The number of hydrogen-bond acceptors (Lipinski definition) is 4. The lowest BCUT2D eigenvalue weighted by atomic mass is 10.2. The van der Waals surface area contributed by atoms with Crippen LogP contribution in [0.5, 0.6) is 0 Å². The number of nitrogen functional groups attached to an aromatic ring is 1. The summed E-state index contributed by atoms with van der Waals surface area (Å²) < 4.78 is 0. The zero-order chi connectivity index (χ0) is 17.0. The van der Waals surface area contributed by atoms with E-state index in [1.54, 1.807) is 18.2 Å². The fraction of sp³-hybridized carbons (Fsp3) is 0.125. The Balaban J connectivity index is 2.01. The molecule has 0 atom stereocenters. The number of rotatable bonds is 3. The van der Waals surface area contributed by atoms with Crippen LogP contribution in [-0.4, -0.2) is 25.9 Å². The van der Waals surface area contributed by atoms with Crippen molar-refractivity contribution in [1.82, 2.24) is 0 Å². The summed E-state index contributed by atoms with van der Waals surface area (Å²) in [6, 6.07) is 11.7. The van der Waals surface area contributed by atoms with Crippen molar-refractivity contribution in [2.24, 2.45) is 0 Å². The predicted octanol–water partition coefficient (Wildman–Crippen LogP) is 2.57. The van der Waals surface area contributed by atoms with Crippen molar-refractivity contribution < 1.29 is 9.59 Å². The summed E-state index contributed by atoms with van der Waals surface area (Å²) in [5.41, 5.74) is 7.88. The lowest BCUT2D eigenvalue weighted by Crippen LogP contribution is -2.29. The largest absolute Gasteiger partial charge is 0.399 e. The lowest BCUT2D eigenvalue weighted by Gasteiger charge is -2.13. The molecule has 0 aliphatic heterocycles. The Bertz CT molecular complexity index is 729. The molecule has 0 saturated carbocycles. The first-order chi connectivity index (χ1) is 10.9. The van der Waals surface area contributed by atoms with Crippen LogP contribution in [0.15, 0.2) is 42.5 Å². The molecule has 2 aromatic rings. The number of anilines is 4. The van der Waals surface area contributed by atoms with Crippen molar-refractivity contribution in [1.29, 1.82) is 0 Å². The van der Waals surface area contributed by atoms with Gasteiger partial charge in [0.1, 0.15) is 0 Å². The van der Waals surface area contributed by atoms with Gasteiger partial charge in [-0.2, -0.15) is 0 Å². The molecular formula is C16H17ClN4O2. The summed E-state index contributed by atoms with van der Waals surface area (Å²) in [4.78, 5) is 25.8. The van der Waals surface area contributed by atoms with Gasteiger partial charge in [-0.25, -0.2) is 0 Å². The van der Waals surface area contributed by atoms with Crippen molar-refractivity contribution in [2.45, 2.75) is 0 Å². The van der Waals surface area contributed by atoms with Crippen LogP contribution in [0.4, 0.5) is 22.7 Å². The Morgan fingerprint density at radius 1 is 1.00 bits per heavy atom. The zero-order valence-corrected chi connectivity index (χ0v) is 13.5. The van der Waals surface area contributed by atoms with E-state index < -0.39 is 11.8 Å². The van der Waals surface area contributed by atoms with Gasteiger partial charge in [-0.1, -0.05) is 11.6 Å². The van der Waals surface area contributed by atoms with E-state index in [0.29, 0.717) is 17.1 Å². The van der Waals surface area contributed by atoms with Crippen molar-refractivity contribution in [3.8, 4) is 0 Å². The van der Waals surface area contributed by atoms with Gasteiger partial charge >= 0.3 is 11.8 Å². The van der Waals surface area contributed by atoms with Gasteiger partial charge in [0, 0.05) is 31.2 Å². The molecule has 0 radical (unpaired) electrons. The number of nitrogens with one attached hydrogen (secondary N) is 2. The van der Waals surface area contributed by atoms with E-state index in [1.165, 1.54) is 12.1 Å². The molecule has 0 fully saturated rings. The second-order valence-electron chi connectivity index (χ2n) is 5.09. The molecule has 0 heterocycles. The monoisotopic (exact) mass is 332 g/mol. The van der Waals surface area contributed by atoms with Crippen LogP contribution < -0.4 is 21.3 Å². The maximum atomic E-state index is 11.9. The number of amides is 2. The SMILES string of the molecule is CN(C)c1ccc(NC(=O)C(=O)Nc2ccc(N)cc2Cl)cc1. The molecule has 0 aliphatic rings. The maximum Gasteiger partial charge on any atom is 0.314 e. The molecule has 2 rings (SSSR count). The topological polar surface area (TPSA) is 87.5 Å². The van der Waals surface area contributed by atoms with Gasteiger partial charge in [-0.3, -0.25) is 9.59 Å². The fourth-order valence-corrected chi connectivity index (χ4v) is 2.08. The molecule has 0 aliphatic carbocycles. The molecule has 6 nitrogen and oxygen atoms in total. The number of nitrogens with two attached hydrogens (primary N) is 1. The standard InChI is InChI=1S/C16H17ClN4O2/c1-21(2)12-6-4-11(5-7-12)19-15(22)16(23)20-14-8-3-10(18)9-13(14)17/h3-9H,18H2,1-2H3,(H,19,22)(H,20,23). The first kappa shape index (κ1) is 16.6. The molecule has 0 spiro atoms. The van der Waals surface area contributed by atoms with Crippen LogP contribution in [0.3, 0.4) is 0 Å². The van der Waals surface area contributed by atoms with E-state index in [1.807, 2.05) is 31.1 Å². The molecule has 120 valence electrons. The highest BCUT2D eigenvalue weighted by Crippen LogP contribution is 2.24. The lowest BCUT2D eigenvalue weighted by molar-refractivity contribution is -0.132. The highest BCUT2D eigenvalue weighted by atomic mass is 35.5. The number of carbonyl (C=O) groups is 2. The van der Waals surface area contributed by atoms with Crippen molar-refractivity contribution in [3.05, 3.63) is 47.5 Å². The van der Waals surface area contributed by atoms with E-state index in [4.69, 9.17) is 17.3 Å². The Hall–Kier alpha value is -2.73. The third-order valence-electron chi connectivity index (χ3n) is 3.09. The molecule has 2 amide bonds. The van der Waals surface area contributed by atoms with Crippen LogP contribution >= 0.6 is 11.6 Å². The Kier molecular flexibility index (Phi) is 5.08. The number of halogens is 1. The zero-order valence-electron chi connectivity index (χ0n) is 12.8. The molecule has 0 unspecified atom stereocenters. The van der Waals surface area contributed by atoms with Gasteiger partial charge in [0.25, 0.3) is 0 Å². The normalized spacial score (nSPS) is 10.0. The average molecular weight is 333 g/mol. The van der Waals surface area contributed by atoms with Gasteiger partial charge in [0.15, 0.2) is 0 Å². The van der Waals surface area contributed by atoms with Gasteiger partial charge in [-0.05, 0) is 42.5 Å². The van der Waals surface area contributed by atoms with E-state index in [-0.39, 0.29) is 5.02 Å². The van der Waals surface area contributed by atoms with Gasteiger partial charge < -0.3 is 21.3 Å². The van der Waals surface area contributed by atoms with Gasteiger partial charge in [0.05, 0.1) is 10.7 Å². The quantitative estimate of drug-likeness (QED) is 0.595. The number of hydrogen-bond donors (Lipinski definition) is 3. The third-order valence-corrected chi connectivity index (χ3v) is 3.40. The molecule has 2 aromatic carbocycles. The summed E-state index contributed by atoms with van der Waals surface area (Å²) in [6.07, 6.45) is 0. The molecular weight excluding hydrogens is 316 g/mol. The molecule has 4 N–H and O–H groups in total. The first-order valence-electron chi connectivity index (χ1n) is 6.81. The second kappa shape index (κ2) is 7.02. The van der Waals surface area contributed by atoms with Crippen LogP contribution in [0.2, 0.25) is 5.02 Å². The van der Waals surface area contributed by atoms with E-state index in [0.717, 1.165) is 5.69 Å². The van der Waals surface area contributed by atoms with Crippen molar-refractivity contribution >= 4 is 46.2 Å². The fourth-order valence-electron chi connectivity index (χ4n) is 1.84. The Labute approximate surface area is 139 Å². The van der Waals surface area contributed by atoms with E-state index in [9.17, 15) is 9.59 Å². The molecule has 0 aromatic heterocycles. The smallest absolute Gasteiger partial charge is 0.314 e. The predicted molar refractivity (Wildman–Crippen MR) is 93.9 cm³/mol. The van der Waals surface area contributed by atoms with Gasteiger partial charge in [-0.15, -0.1) is 0 Å². The maximum absolute atomic E-state index is 11.9. The summed E-state index contributed by atoms with van der Waals surface area (Å²) in [5, 5.41) is 5.23. The minimum Gasteiger partial charge on any atom is -0.399 e. The van der Waals surface area contributed by atoms with E-state index in [2.05, 4.69) is 10.6 Å². The number of carbonyl (C=O) groups excluding carboxylic acids is 2. The minimum atomic E-state index is -0.812. The minimum absolute atomic E-state index is 0.265. The third kappa shape index (κ3) is 4.37. The van der Waals surface area contributed by atoms with Crippen molar-refractivity contribution in [2.75, 3.05) is 35.4 Å². The Morgan fingerprint density at radius 2 is 1.61 bits per heavy atom. The summed E-state index contributed by atoms with van der Waals surface area (Å²) in [6.45, 7) is 0. The Morgan fingerprint density at radius 3 is 2.17 bits per heavy atom. The van der Waals surface area contributed by atoms with Crippen LogP contribution in [0, 0.1) is 0 Å².